The maximum absolute atomic E-state index is 9.04. The summed E-state index contributed by atoms with van der Waals surface area (Å²) in [5, 5.41) is 9.93. The number of rotatable bonds is 3. The van der Waals surface area contributed by atoms with Crippen LogP contribution in [0.25, 0.3) is 0 Å². The predicted octanol–water partition coefficient (Wildman–Crippen LogP) is 2.39. The van der Waals surface area contributed by atoms with E-state index in [9.17, 15) is 0 Å². The highest BCUT2D eigenvalue weighted by atomic mass is 35.5. The summed E-state index contributed by atoms with van der Waals surface area (Å²) in [7, 11) is 1.84. The van der Waals surface area contributed by atoms with Gasteiger partial charge in [0.15, 0.2) is 0 Å². The molecule has 1 atom stereocenters. The molecule has 3 nitrogen and oxygen atoms in total. The topological polar surface area (TPSA) is 49.5 Å². The van der Waals surface area contributed by atoms with Crippen molar-refractivity contribution in [1.29, 1.82) is 0 Å². The Balaban J connectivity index is 3.09. The number of halogens is 2. The van der Waals surface area contributed by atoms with E-state index in [4.69, 9.17) is 34.0 Å². The Kier molecular flexibility index (Phi) is 4.08. The summed E-state index contributed by atoms with van der Waals surface area (Å²) in [6, 6.07) is 3.29. The zero-order valence-electron chi connectivity index (χ0n) is 8.67. The standard InChI is InChI=1S/C10H14Cl2N2O/c1-6(5-15)14(2)10-4-8(12)7(11)3-9(10)13/h3-4,6,15H,5,13H2,1-2H3. The van der Waals surface area contributed by atoms with Gasteiger partial charge in [0.1, 0.15) is 0 Å². The van der Waals surface area contributed by atoms with Crippen molar-refractivity contribution in [2.24, 2.45) is 0 Å². The van der Waals surface area contributed by atoms with Gasteiger partial charge in [0.05, 0.1) is 28.0 Å². The third kappa shape index (κ3) is 2.68. The third-order valence-electron chi connectivity index (χ3n) is 2.37. The van der Waals surface area contributed by atoms with E-state index in [2.05, 4.69) is 0 Å². The first kappa shape index (κ1) is 12.4. The van der Waals surface area contributed by atoms with E-state index >= 15 is 0 Å². The van der Waals surface area contributed by atoms with Gasteiger partial charge in [-0.25, -0.2) is 0 Å². The molecule has 0 aromatic heterocycles. The Labute approximate surface area is 99.4 Å². The fraction of sp³-hybridized carbons (Fsp3) is 0.400. The number of likely N-dealkylation sites (N-methyl/N-ethyl adjacent to an activating group) is 1. The third-order valence-corrected chi connectivity index (χ3v) is 3.10. The van der Waals surface area contributed by atoms with Gasteiger partial charge in [0.25, 0.3) is 0 Å². The first-order valence-corrected chi connectivity index (χ1v) is 5.31. The number of hydrogen-bond donors (Lipinski definition) is 2. The lowest BCUT2D eigenvalue weighted by molar-refractivity contribution is 0.270. The maximum Gasteiger partial charge on any atom is 0.0632 e. The van der Waals surface area contributed by atoms with Crippen molar-refractivity contribution in [3.05, 3.63) is 22.2 Å². The Morgan fingerprint density at radius 1 is 1.40 bits per heavy atom. The van der Waals surface area contributed by atoms with Gasteiger partial charge in [-0.3, -0.25) is 0 Å². The SMILES string of the molecule is CC(CO)N(C)c1cc(Cl)c(Cl)cc1N. The zero-order valence-corrected chi connectivity index (χ0v) is 10.2. The summed E-state index contributed by atoms with van der Waals surface area (Å²) in [6.45, 7) is 1.94. The van der Waals surface area contributed by atoms with Gasteiger partial charge in [-0.1, -0.05) is 23.2 Å². The van der Waals surface area contributed by atoms with Crippen LogP contribution in [0.15, 0.2) is 12.1 Å². The molecule has 1 aromatic rings. The molecule has 0 saturated carbocycles. The van der Waals surface area contributed by atoms with Gasteiger partial charge in [-0.05, 0) is 19.1 Å². The number of anilines is 2. The molecule has 84 valence electrons. The van der Waals surface area contributed by atoms with Crippen molar-refractivity contribution >= 4 is 34.6 Å². The van der Waals surface area contributed by atoms with Crippen LogP contribution in [0.5, 0.6) is 0 Å². The van der Waals surface area contributed by atoms with Crippen LogP contribution < -0.4 is 10.6 Å². The van der Waals surface area contributed by atoms with E-state index < -0.39 is 0 Å². The number of nitrogen functional groups attached to an aromatic ring is 1. The minimum absolute atomic E-state index is 0.0236. The van der Waals surface area contributed by atoms with Gasteiger partial charge in [0.2, 0.25) is 0 Å². The summed E-state index contributed by atoms with van der Waals surface area (Å²) in [4.78, 5) is 1.86. The number of nitrogens with two attached hydrogens (primary N) is 1. The number of nitrogens with zero attached hydrogens (tertiary/aromatic N) is 1. The predicted molar refractivity (Wildman–Crippen MR) is 65.8 cm³/mol. The number of aliphatic hydroxyl groups is 1. The molecule has 0 radical (unpaired) electrons. The minimum Gasteiger partial charge on any atom is -0.397 e. The van der Waals surface area contributed by atoms with Crippen molar-refractivity contribution in [2.75, 3.05) is 24.3 Å². The van der Waals surface area contributed by atoms with Gasteiger partial charge in [0, 0.05) is 13.1 Å². The van der Waals surface area contributed by atoms with Crippen LogP contribution in [0.3, 0.4) is 0 Å². The Morgan fingerprint density at radius 2 is 1.93 bits per heavy atom. The molecule has 0 heterocycles. The second kappa shape index (κ2) is 4.92. The Hall–Kier alpha value is -0.640. The quantitative estimate of drug-likeness (QED) is 0.808. The summed E-state index contributed by atoms with van der Waals surface area (Å²) in [6.07, 6.45) is 0. The number of benzene rings is 1. The molecule has 0 saturated heterocycles. The van der Waals surface area contributed by atoms with Crippen molar-refractivity contribution in [3.63, 3.8) is 0 Å². The van der Waals surface area contributed by atoms with E-state index in [1.165, 1.54) is 0 Å². The molecular formula is C10H14Cl2N2O. The molecule has 5 heteroatoms. The average molecular weight is 249 g/mol. The second-order valence-corrected chi connectivity index (χ2v) is 4.28. The first-order valence-electron chi connectivity index (χ1n) is 4.55. The Morgan fingerprint density at radius 3 is 2.47 bits per heavy atom. The zero-order chi connectivity index (χ0) is 11.6. The fourth-order valence-corrected chi connectivity index (χ4v) is 1.55. The first-order chi connectivity index (χ1) is 6.97. The van der Waals surface area contributed by atoms with Crippen LogP contribution in [-0.2, 0) is 0 Å². The largest absolute Gasteiger partial charge is 0.397 e. The van der Waals surface area contributed by atoms with Crippen molar-refractivity contribution in [3.8, 4) is 0 Å². The van der Waals surface area contributed by atoms with Crippen molar-refractivity contribution < 1.29 is 5.11 Å². The molecule has 0 fully saturated rings. The highest BCUT2D eigenvalue weighted by Crippen LogP contribution is 2.33. The van der Waals surface area contributed by atoms with Crippen LogP contribution in [0.4, 0.5) is 11.4 Å². The highest BCUT2D eigenvalue weighted by molar-refractivity contribution is 6.42. The molecule has 1 aromatic carbocycles. The van der Waals surface area contributed by atoms with Crippen molar-refractivity contribution in [1.82, 2.24) is 0 Å². The molecule has 0 aliphatic carbocycles. The maximum atomic E-state index is 9.04. The summed E-state index contributed by atoms with van der Waals surface area (Å²) in [5.41, 5.74) is 7.14. The summed E-state index contributed by atoms with van der Waals surface area (Å²) >= 11 is 11.7. The summed E-state index contributed by atoms with van der Waals surface area (Å²) in [5.74, 6) is 0. The minimum atomic E-state index is -0.0236. The van der Waals surface area contributed by atoms with Crippen molar-refractivity contribution in [2.45, 2.75) is 13.0 Å². The molecule has 15 heavy (non-hydrogen) atoms. The van der Waals surface area contributed by atoms with Gasteiger partial charge in [-0.15, -0.1) is 0 Å². The van der Waals surface area contributed by atoms with E-state index in [0.717, 1.165) is 5.69 Å². The molecule has 3 N–H and O–H groups in total. The highest BCUT2D eigenvalue weighted by Gasteiger charge is 2.13. The average Bonchev–Trinajstić information content (AvgIpc) is 2.21. The second-order valence-electron chi connectivity index (χ2n) is 3.47. The molecular weight excluding hydrogens is 235 g/mol. The lowest BCUT2D eigenvalue weighted by Gasteiger charge is -2.27. The lowest BCUT2D eigenvalue weighted by Crippen LogP contribution is -2.32. The monoisotopic (exact) mass is 248 g/mol. The van der Waals surface area contributed by atoms with E-state index in [-0.39, 0.29) is 12.6 Å². The van der Waals surface area contributed by atoms with Crippen LogP contribution in [-0.4, -0.2) is 24.8 Å². The molecule has 0 bridgehead atoms. The van der Waals surface area contributed by atoms with Crippen LogP contribution >= 0.6 is 23.2 Å². The molecule has 1 rings (SSSR count). The molecule has 0 spiro atoms. The molecule has 1 unspecified atom stereocenters. The number of hydrogen-bond acceptors (Lipinski definition) is 3. The smallest absolute Gasteiger partial charge is 0.0632 e. The molecule has 0 aliphatic heterocycles. The fourth-order valence-electron chi connectivity index (χ4n) is 1.22. The van der Waals surface area contributed by atoms with Gasteiger partial charge >= 0.3 is 0 Å². The molecule has 0 aliphatic rings. The lowest BCUT2D eigenvalue weighted by atomic mass is 10.2. The number of aliphatic hydroxyl groups excluding tert-OH is 1. The van der Waals surface area contributed by atoms with Crippen LogP contribution in [0.2, 0.25) is 10.0 Å². The van der Waals surface area contributed by atoms with E-state index in [0.29, 0.717) is 15.7 Å². The van der Waals surface area contributed by atoms with Gasteiger partial charge < -0.3 is 15.7 Å². The normalized spacial score (nSPS) is 12.6. The Bertz CT molecular complexity index is 358. The molecule has 0 amide bonds. The van der Waals surface area contributed by atoms with Crippen LogP contribution in [0, 0.1) is 0 Å². The van der Waals surface area contributed by atoms with E-state index in [1.54, 1.807) is 12.1 Å². The van der Waals surface area contributed by atoms with Gasteiger partial charge in [-0.2, -0.15) is 0 Å². The van der Waals surface area contributed by atoms with Crippen LogP contribution in [0.1, 0.15) is 6.92 Å². The summed E-state index contributed by atoms with van der Waals surface area (Å²) < 4.78 is 0. The van der Waals surface area contributed by atoms with E-state index in [1.807, 2.05) is 18.9 Å².